The van der Waals surface area contributed by atoms with Crippen molar-refractivity contribution in [1.82, 2.24) is 5.32 Å². The Labute approximate surface area is 123 Å². The fourth-order valence-electron chi connectivity index (χ4n) is 2.15. The number of rotatable bonds is 5. The van der Waals surface area contributed by atoms with E-state index in [0.29, 0.717) is 18.0 Å². The van der Waals surface area contributed by atoms with E-state index in [2.05, 4.69) is 5.32 Å². The zero-order valence-corrected chi connectivity index (χ0v) is 12.0. The first-order valence-electron chi connectivity index (χ1n) is 6.89. The molecule has 2 rings (SSSR count). The Kier molecular flexibility index (Phi) is 4.67. The Bertz CT molecular complexity index is 531. The minimum Gasteiger partial charge on any atom is -0.482 e. The van der Waals surface area contributed by atoms with E-state index in [1.54, 1.807) is 26.0 Å². The number of benzene rings is 1. The third-order valence-corrected chi connectivity index (χ3v) is 3.25. The lowest BCUT2D eigenvalue weighted by molar-refractivity contribution is -0.139. The van der Waals surface area contributed by atoms with Crippen LogP contribution in [0.4, 0.5) is 0 Å². The number of amides is 1. The van der Waals surface area contributed by atoms with Gasteiger partial charge in [0.05, 0.1) is 0 Å². The summed E-state index contributed by atoms with van der Waals surface area (Å²) in [5, 5.41) is 11.4. The zero-order valence-electron chi connectivity index (χ0n) is 12.0. The zero-order chi connectivity index (χ0) is 15.4. The highest BCUT2D eigenvalue weighted by molar-refractivity contribution is 5.82. The number of carbonyl (C=O) groups excluding carboxylic acids is 1. The van der Waals surface area contributed by atoms with Gasteiger partial charge in [0.2, 0.25) is 6.10 Å². The van der Waals surface area contributed by atoms with Crippen LogP contribution in [0.3, 0.4) is 0 Å². The van der Waals surface area contributed by atoms with Gasteiger partial charge >= 0.3 is 5.97 Å². The normalized spacial score (nSPS) is 21.4. The fourth-order valence-corrected chi connectivity index (χ4v) is 2.15. The molecule has 0 radical (unpaired) electrons. The van der Waals surface area contributed by atoms with Gasteiger partial charge in [-0.2, -0.15) is 0 Å². The van der Waals surface area contributed by atoms with Crippen LogP contribution < -0.4 is 14.8 Å². The van der Waals surface area contributed by atoms with Crippen LogP contribution in [0.1, 0.15) is 20.3 Å². The first kappa shape index (κ1) is 15.2. The van der Waals surface area contributed by atoms with Crippen LogP contribution in [0.25, 0.3) is 0 Å². The van der Waals surface area contributed by atoms with Gasteiger partial charge in [0.1, 0.15) is 6.10 Å². The van der Waals surface area contributed by atoms with E-state index in [9.17, 15) is 9.59 Å². The maximum Gasteiger partial charge on any atom is 0.303 e. The van der Waals surface area contributed by atoms with Crippen molar-refractivity contribution in [2.24, 2.45) is 5.92 Å². The van der Waals surface area contributed by atoms with Crippen LogP contribution in [-0.2, 0) is 9.59 Å². The summed E-state index contributed by atoms with van der Waals surface area (Å²) in [6, 6.07) is 7.18. The van der Waals surface area contributed by atoms with E-state index in [1.807, 2.05) is 12.1 Å². The third-order valence-electron chi connectivity index (χ3n) is 3.25. The van der Waals surface area contributed by atoms with E-state index in [-0.39, 0.29) is 18.2 Å². The largest absolute Gasteiger partial charge is 0.482 e. The molecule has 114 valence electrons. The number of ether oxygens (including phenoxy) is 2. The molecular weight excluding hydrogens is 274 g/mol. The standard InChI is InChI=1S/C15H19NO5/c1-9(7-13(17)18)8-16-15(19)14-10(2)20-11-5-3-4-6-12(11)21-14/h3-6,9-10,14H,7-8H2,1-2H3,(H,16,19)(H,17,18). The smallest absolute Gasteiger partial charge is 0.303 e. The molecule has 0 bridgehead atoms. The van der Waals surface area contributed by atoms with Crippen LogP contribution in [-0.4, -0.2) is 35.7 Å². The fraction of sp³-hybridized carbons (Fsp3) is 0.467. The lowest BCUT2D eigenvalue weighted by Gasteiger charge is -2.31. The monoisotopic (exact) mass is 293 g/mol. The predicted molar refractivity (Wildman–Crippen MR) is 75.4 cm³/mol. The summed E-state index contributed by atoms with van der Waals surface area (Å²) in [5.74, 6) is -0.160. The van der Waals surface area contributed by atoms with E-state index in [0.717, 1.165) is 0 Å². The average molecular weight is 293 g/mol. The predicted octanol–water partition coefficient (Wildman–Crippen LogP) is 1.44. The number of nitrogens with one attached hydrogen (secondary N) is 1. The molecule has 6 heteroatoms. The number of carboxylic acid groups (broad SMARTS) is 1. The second-order valence-electron chi connectivity index (χ2n) is 5.26. The number of para-hydroxylation sites is 2. The minimum absolute atomic E-state index is 0.0146. The molecular formula is C15H19NO5. The van der Waals surface area contributed by atoms with Gasteiger partial charge in [-0.25, -0.2) is 0 Å². The molecule has 3 atom stereocenters. The summed E-state index contributed by atoms with van der Waals surface area (Å²) in [7, 11) is 0. The molecule has 3 unspecified atom stereocenters. The molecule has 0 aromatic heterocycles. The van der Waals surface area contributed by atoms with E-state index in [1.165, 1.54) is 0 Å². The molecule has 0 saturated heterocycles. The summed E-state index contributed by atoms with van der Waals surface area (Å²) in [6.07, 6.45) is -1.13. The molecule has 1 heterocycles. The van der Waals surface area contributed by atoms with Crippen molar-refractivity contribution in [3.05, 3.63) is 24.3 Å². The highest BCUT2D eigenvalue weighted by Gasteiger charge is 2.33. The van der Waals surface area contributed by atoms with Gasteiger partial charge in [0.25, 0.3) is 5.91 Å². The van der Waals surface area contributed by atoms with Crippen LogP contribution in [0.2, 0.25) is 0 Å². The van der Waals surface area contributed by atoms with Crippen molar-refractivity contribution in [3.63, 3.8) is 0 Å². The molecule has 1 aromatic carbocycles. The van der Waals surface area contributed by atoms with Crippen LogP contribution in [0.5, 0.6) is 11.5 Å². The molecule has 1 amide bonds. The SMILES string of the molecule is CC(CNC(=O)C1Oc2ccccc2OC1C)CC(=O)O. The number of aliphatic carboxylic acids is 1. The van der Waals surface area contributed by atoms with Crippen LogP contribution in [0, 0.1) is 5.92 Å². The van der Waals surface area contributed by atoms with Crippen molar-refractivity contribution in [2.75, 3.05) is 6.54 Å². The number of hydrogen-bond donors (Lipinski definition) is 2. The molecule has 0 fully saturated rings. The van der Waals surface area contributed by atoms with Crippen molar-refractivity contribution < 1.29 is 24.2 Å². The van der Waals surface area contributed by atoms with Gasteiger partial charge in [-0.05, 0) is 25.0 Å². The van der Waals surface area contributed by atoms with Gasteiger partial charge in [0.15, 0.2) is 11.5 Å². The maximum atomic E-state index is 12.1. The lowest BCUT2D eigenvalue weighted by atomic mass is 10.1. The second-order valence-corrected chi connectivity index (χ2v) is 5.26. The molecule has 1 aliphatic heterocycles. The summed E-state index contributed by atoms with van der Waals surface area (Å²) < 4.78 is 11.3. The van der Waals surface area contributed by atoms with E-state index in [4.69, 9.17) is 14.6 Å². The first-order chi connectivity index (χ1) is 9.97. The van der Waals surface area contributed by atoms with Crippen molar-refractivity contribution in [2.45, 2.75) is 32.5 Å². The molecule has 0 spiro atoms. The van der Waals surface area contributed by atoms with Crippen molar-refractivity contribution in [3.8, 4) is 11.5 Å². The third kappa shape index (κ3) is 3.87. The average Bonchev–Trinajstić information content (AvgIpc) is 2.43. The van der Waals surface area contributed by atoms with Crippen LogP contribution in [0.15, 0.2) is 24.3 Å². The molecule has 0 saturated carbocycles. The Morgan fingerprint density at radius 3 is 2.52 bits per heavy atom. The summed E-state index contributed by atoms with van der Waals surface area (Å²) >= 11 is 0. The number of carboxylic acids is 1. The van der Waals surface area contributed by atoms with Crippen molar-refractivity contribution in [1.29, 1.82) is 0 Å². The van der Waals surface area contributed by atoms with Gasteiger partial charge in [-0.3, -0.25) is 9.59 Å². The lowest BCUT2D eigenvalue weighted by Crippen LogP contribution is -2.49. The van der Waals surface area contributed by atoms with Gasteiger partial charge in [-0.1, -0.05) is 19.1 Å². The Balaban J connectivity index is 1.93. The molecule has 2 N–H and O–H groups in total. The van der Waals surface area contributed by atoms with Gasteiger partial charge in [0, 0.05) is 13.0 Å². The quantitative estimate of drug-likeness (QED) is 0.858. The second kappa shape index (κ2) is 6.47. The Hall–Kier alpha value is -2.24. The number of carbonyl (C=O) groups is 2. The Morgan fingerprint density at radius 1 is 1.29 bits per heavy atom. The van der Waals surface area contributed by atoms with E-state index < -0.39 is 18.2 Å². The first-order valence-corrected chi connectivity index (χ1v) is 6.89. The number of hydrogen-bond acceptors (Lipinski definition) is 4. The van der Waals surface area contributed by atoms with Crippen molar-refractivity contribution >= 4 is 11.9 Å². The summed E-state index contributed by atoms with van der Waals surface area (Å²) in [5.41, 5.74) is 0. The topological polar surface area (TPSA) is 84.9 Å². The summed E-state index contributed by atoms with van der Waals surface area (Å²) in [6.45, 7) is 3.82. The van der Waals surface area contributed by atoms with Crippen LogP contribution >= 0.6 is 0 Å². The highest BCUT2D eigenvalue weighted by Crippen LogP contribution is 2.33. The number of fused-ring (bicyclic) bond motifs is 1. The molecule has 1 aliphatic rings. The Morgan fingerprint density at radius 2 is 1.90 bits per heavy atom. The minimum atomic E-state index is -0.878. The highest BCUT2D eigenvalue weighted by atomic mass is 16.6. The molecule has 0 aliphatic carbocycles. The molecule has 1 aromatic rings. The maximum absolute atomic E-state index is 12.1. The van der Waals surface area contributed by atoms with Gasteiger partial charge in [-0.15, -0.1) is 0 Å². The molecule has 21 heavy (non-hydrogen) atoms. The summed E-state index contributed by atoms with van der Waals surface area (Å²) in [4.78, 5) is 22.7. The van der Waals surface area contributed by atoms with Gasteiger partial charge < -0.3 is 19.9 Å². The molecule has 6 nitrogen and oxygen atoms in total. The van der Waals surface area contributed by atoms with E-state index >= 15 is 0 Å².